The molecule has 0 aliphatic carbocycles. The predicted molar refractivity (Wildman–Crippen MR) is 116 cm³/mol. The van der Waals surface area contributed by atoms with Crippen molar-refractivity contribution >= 4 is 45.1 Å². The first-order valence-corrected chi connectivity index (χ1v) is 9.50. The van der Waals surface area contributed by atoms with Crippen LogP contribution in [0.2, 0.25) is 5.02 Å². The number of halogens is 1. The van der Waals surface area contributed by atoms with Crippen LogP contribution >= 0.6 is 11.6 Å². The Hall–Kier alpha value is -3.63. The van der Waals surface area contributed by atoms with Crippen LogP contribution in [0.15, 0.2) is 89.5 Å². The summed E-state index contributed by atoms with van der Waals surface area (Å²) < 4.78 is 6.07. The van der Waals surface area contributed by atoms with Gasteiger partial charge in [-0.2, -0.15) is 0 Å². The second-order valence-corrected chi connectivity index (χ2v) is 7.11. The molecule has 29 heavy (non-hydrogen) atoms. The molecule has 0 atom stereocenters. The fourth-order valence-corrected chi connectivity index (χ4v) is 3.50. The van der Waals surface area contributed by atoms with Gasteiger partial charge in [-0.15, -0.1) is 0 Å². The highest BCUT2D eigenvalue weighted by Gasteiger charge is 2.13. The summed E-state index contributed by atoms with van der Waals surface area (Å²) in [6.07, 6.45) is 1.57. The standard InChI is InChI=1S/C24H15ClN2O2/c25-16-9-11-17(12-10-16)27-24(28)15-8-13-21(26-14-15)20-6-3-5-19-18-4-1-2-7-22(18)29-23(19)20/h1-14H,(H,27,28). The fraction of sp³-hybridized carbons (Fsp3) is 0. The van der Waals surface area contributed by atoms with Crippen molar-refractivity contribution in [3.8, 4) is 11.3 Å². The Bertz CT molecular complexity index is 1340. The molecule has 5 aromatic rings. The fourth-order valence-electron chi connectivity index (χ4n) is 3.37. The van der Waals surface area contributed by atoms with Crippen LogP contribution in [0.4, 0.5) is 5.69 Å². The van der Waals surface area contributed by atoms with Gasteiger partial charge in [0.05, 0.1) is 11.3 Å². The largest absolute Gasteiger partial charge is 0.455 e. The number of fused-ring (bicyclic) bond motifs is 3. The van der Waals surface area contributed by atoms with Crippen molar-refractivity contribution in [2.75, 3.05) is 5.32 Å². The van der Waals surface area contributed by atoms with Crippen LogP contribution in [0.1, 0.15) is 10.4 Å². The molecule has 140 valence electrons. The molecule has 0 aliphatic heterocycles. The van der Waals surface area contributed by atoms with Crippen molar-refractivity contribution in [1.82, 2.24) is 4.98 Å². The van der Waals surface area contributed by atoms with Gasteiger partial charge in [0, 0.05) is 33.2 Å². The first kappa shape index (κ1) is 17.5. The molecule has 2 aromatic heterocycles. The van der Waals surface area contributed by atoms with Gasteiger partial charge in [0.2, 0.25) is 0 Å². The molecule has 1 N–H and O–H groups in total. The summed E-state index contributed by atoms with van der Waals surface area (Å²) in [4.78, 5) is 17.0. The molecule has 0 saturated heterocycles. The quantitative estimate of drug-likeness (QED) is 0.374. The van der Waals surface area contributed by atoms with Gasteiger partial charge in [0.15, 0.2) is 0 Å². The van der Waals surface area contributed by atoms with E-state index in [1.807, 2.05) is 48.5 Å². The van der Waals surface area contributed by atoms with Crippen LogP contribution < -0.4 is 5.32 Å². The zero-order chi connectivity index (χ0) is 19.8. The number of hydrogen-bond donors (Lipinski definition) is 1. The first-order chi connectivity index (χ1) is 14.2. The number of pyridine rings is 1. The summed E-state index contributed by atoms with van der Waals surface area (Å²) in [5, 5.41) is 5.57. The Kier molecular flexibility index (Phi) is 4.26. The number of hydrogen-bond acceptors (Lipinski definition) is 3. The van der Waals surface area contributed by atoms with Crippen molar-refractivity contribution in [3.05, 3.63) is 95.6 Å². The molecular weight excluding hydrogens is 384 g/mol. The highest BCUT2D eigenvalue weighted by molar-refractivity contribution is 6.30. The molecule has 4 nitrogen and oxygen atoms in total. The van der Waals surface area contributed by atoms with Crippen LogP contribution in [-0.2, 0) is 0 Å². The van der Waals surface area contributed by atoms with E-state index in [-0.39, 0.29) is 5.91 Å². The number of amides is 1. The molecular formula is C24H15ClN2O2. The second kappa shape index (κ2) is 7.08. The molecule has 0 bridgehead atoms. The predicted octanol–water partition coefficient (Wildman–Crippen LogP) is 6.55. The zero-order valence-corrected chi connectivity index (χ0v) is 16.0. The van der Waals surface area contributed by atoms with Crippen molar-refractivity contribution in [1.29, 1.82) is 0 Å². The summed E-state index contributed by atoms with van der Waals surface area (Å²) in [6, 6.07) is 24.5. The van der Waals surface area contributed by atoms with E-state index in [9.17, 15) is 4.79 Å². The molecule has 2 heterocycles. The van der Waals surface area contributed by atoms with E-state index in [2.05, 4.69) is 10.3 Å². The number of nitrogens with one attached hydrogen (secondary N) is 1. The Morgan fingerprint density at radius 2 is 1.66 bits per heavy atom. The lowest BCUT2D eigenvalue weighted by Crippen LogP contribution is -2.12. The maximum Gasteiger partial charge on any atom is 0.257 e. The summed E-state index contributed by atoms with van der Waals surface area (Å²) in [5.41, 5.74) is 4.42. The van der Waals surface area contributed by atoms with E-state index in [0.717, 1.165) is 33.2 Å². The number of anilines is 1. The highest BCUT2D eigenvalue weighted by Crippen LogP contribution is 2.34. The second-order valence-electron chi connectivity index (χ2n) is 6.67. The normalized spacial score (nSPS) is 11.1. The van der Waals surface area contributed by atoms with Gasteiger partial charge in [0.1, 0.15) is 11.2 Å². The number of carbonyl (C=O) groups is 1. The smallest absolute Gasteiger partial charge is 0.257 e. The van der Waals surface area contributed by atoms with Gasteiger partial charge in [-0.05, 0) is 48.5 Å². The third-order valence-corrected chi connectivity index (χ3v) is 5.06. The van der Waals surface area contributed by atoms with E-state index in [1.54, 1.807) is 36.5 Å². The van der Waals surface area contributed by atoms with Crippen LogP contribution in [0.3, 0.4) is 0 Å². The van der Waals surface area contributed by atoms with E-state index in [0.29, 0.717) is 16.3 Å². The molecule has 0 fully saturated rings. The Morgan fingerprint density at radius 1 is 0.862 bits per heavy atom. The number of benzene rings is 3. The molecule has 3 aromatic carbocycles. The summed E-state index contributed by atoms with van der Waals surface area (Å²) in [6.45, 7) is 0. The van der Waals surface area contributed by atoms with Gasteiger partial charge in [0.25, 0.3) is 5.91 Å². The Balaban J connectivity index is 1.47. The Morgan fingerprint density at radius 3 is 2.45 bits per heavy atom. The Labute approximate surface area is 171 Å². The minimum Gasteiger partial charge on any atom is -0.455 e. The lowest BCUT2D eigenvalue weighted by molar-refractivity contribution is 0.102. The summed E-state index contributed by atoms with van der Waals surface area (Å²) in [7, 11) is 0. The number of rotatable bonds is 3. The molecule has 0 radical (unpaired) electrons. The average Bonchev–Trinajstić information content (AvgIpc) is 3.14. The van der Waals surface area contributed by atoms with E-state index in [4.69, 9.17) is 16.0 Å². The number of carbonyl (C=O) groups excluding carboxylic acids is 1. The topological polar surface area (TPSA) is 55.1 Å². The highest BCUT2D eigenvalue weighted by atomic mass is 35.5. The maximum atomic E-state index is 12.5. The van der Waals surface area contributed by atoms with Crippen LogP contribution in [-0.4, -0.2) is 10.9 Å². The lowest BCUT2D eigenvalue weighted by atomic mass is 10.1. The molecule has 0 spiro atoms. The summed E-state index contributed by atoms with van der Waals surface area (Å²) >= 11 is 5.88. The van der Waals surface area contributed by atoms with Crippen molar-refractivity contribution in [3.63, 3.8) is 0 Å². The zero-order valence-electron chi connectivity index (χ0n) is 15.2. The van der Waals surface area contributed by atoms with E-state index < -0.39 is 0 Å². The van der Waals surface area contributed by atoms with Crippen molar-refractivity contribution in [2.45, 2.75) is 0 Å². The SMILES string of the molecule is O=C(Nc1ccc(Cl)cc1)c1ccc(-c2cccc3c2oc2ccccc23)nc1. The molecule has 5 heteroatoms. The van der Waals surface area contributed by atoms with Crippen LogP contribution in [0.5, 0.6) is 0 Å². The van der Waals surface area contributed by atoms with Crippen molar-refractivity contribution in [2.24, 2.45) is 0 Å². The van der Waals surface area contributed by atoms with Gasteiger partial charge >= 0.3 is 0 Å². The number of nitrogens with zero attached hydrogens (tertiary/aromatic N) is 1. The monoisotopic (exact) mass is 398 g/mol. The molecule has 0 aliphatic rings. The minimum atomic E-state index is -0.228. The number of furan rings is 1. The number of aromatic nitrogens is 1. The van der Waals surface area contributed by atoms with E-state index >= 15 is 0 Å². The average molecular weight is 399 g/mol. The third-order valence-electron chi connectivity index (χ3n) is 4.81. The summed E-state index contributed by atoms with van der Waals surface area (Å²) in [5.74, 6) is -0.228. The van der Waals surface area contributed by atoms with Gasteiger partial charge in [-0.1, -0.05) is 41.9 Å². The minimum absolute atomic E-state index is 0.228. The molecule has 0 unspecified atom stereocenters. The lowest BCUT2D eigenvalue weighted by Gasteiger charge is -2.06. The van der Waals surface area contributed by atoms with Crippen LogP contribution in [0.25, 0.3) is 33.2 Å². The first-order valence-electron chi connectivity index (χ1n) is 9.13. The van der Waals surface area contributed by atoms with Gasteiger partial charge in [-0.3, -0.25) is 9.78 Å². The van der Waals surface area contributed by atoms with Crippen LogP contribution in [0, 0.1) is 0 Å². The van der Waals surface area contributed by atoms with Gasteiger partial charge < -0.3 is 9.73 Å². The molecule has 5 rings (SSSR count). The number of para-hydroxylation sites is 2. The molecule has 1 amide bonds. The van der Waals surface area contributed by atoms with Gasteiger partial charge in [-0.25, -0.2) is 0 Å². The third kappa shape index (κ3) is 3.24. The maximum absolute atomic E-state index is 12.5. The van der Waals surface area contributed by atoms with E-state index in [1.165, 1.54) is 0 Å². The van der Waals surface area contributed by atoms with Crippen molar-refractivity contribution < 1.29 is 9.21 Å². The molecule has 0 saturated carbocycles.